The van der Waals surface area contributed by atoms with E-state index in [9.17, 15) is 5.11 Å². The van der Waals surface area contributed by atoms with Crippen LogP contribution in [0.5, 0.6) is 23.0 Å². The van der Waals surface area contributed by atoms with Crippen molar-refractivity contribution in [1.29, 1.82) is 0 Å². The highest BCUT2D eigenvalue weighted by Crippen LogP contribution is 2.78. The van der Waals surface area contributed by atoms with Crippen LogP contribution in [0.1, 0.15) is 35.3 Å². The number of nitrogens with zero attached hydrogens (tertiary/aromatic N) is 1. The van der Waals surface area contributed by atoms with Gasteiger partial charge in [-0.15, -0.1) is 0 Å². The Balaban J connectivity index is 1.62. The Labute approximate surface area is 157 Å². The third-order valence-electron chi connectivity index (χ3n) is 7.03. The number of methoxy groups -OCH3 is 2. The van der Waals surface area contributed by atoms with Crippen LogP contribution in [0.15, 0.2) is 24.3 Å². The Hall–Kier alpha value is -2.44. The normalized spacial score (nSPS) is 33.6. The molecule has 1 fully saturated rings. The average Bonchev–Trinajstić information content (AvgIpc) is 2.93. The second kappa shape index (κ2) is 4.69. The van der Waals surface area contributed by atoms with E-state index in [2.05, 4.69) is 24.0 Å². The first-order valence-corrected chi connectivity index (χ1v) is 9.23. The highest BCUT2D eigenvalue weighted by Gasteiger charge is 2.83. The quantitative estimate of drug-likeness (QED) is 0.823. The topological polar surface area (TPSA) is 60.2 Å². The van der Waals surface area contributed by atoms with Gasteiger partial charge in [0.05, 0.1) is 19.8 Å². The van der Waals surface area contributed by atoms with Crippen LogP contribution in [0.3, 0.4) is 0 Å². The van der Waals surface area contributed by atoms with Crippen LogP contribution in [-0.4, -0.2) is 37.6 Å². The summed E-state index contributed by atoms with van der Waals surface area (Å²) in [5.74, 6) is 2.96. The molecule has 1 saturated heterocycles. The molecule has 4 atom stereocenters. The first-order chi connectivity index (χ1) is 13.1. The van der Waals surface area contributed by atoms with Crippen LogP contribution in [0, 0.1) is 0 Å². The lowest BCUT2D eigenvalue weighted by Gasteiger charge is -2.30. The van der Waals surface area contributed by atoms with E-state index in [0.717, 1.165) is 41.2 Å². The summed E-state index contributed by atoms with van der Waals surface area (Å²) in [6.07, 6.45) is 0.272. The van der Waals surface area contributed by atoms with Gasteiger partial charge in [0.25, 0.3) is 0 Å². The van der Waals surface area contributed by atoms with Crippen LogP contribution in [0.25, 0.3) is 0 Å². The molecule has 4 aliphatic rings. The van der Waals surface area contributed by atoms with E-state index < -0.39 is 11.6 Å². The minimum atomic E-state index is -0.642. The maximum absolute atomic E-state index is 11.5. The van der Waals surface area contributed by atoms with E-state index >= 15 is 0 Å². The van der Waals surface area contributed by atoms with E-state index in [0.29, 0.717) is 11.5 Å². The number of aliphatic hydroxyl groups excluding tert-OH is 1. The van der Waals surface area contributed by atoms with Crippen LogP contribution >= 0.6 is 0 Å². The van der Waals surface area contributed by atoms with Crippen molar-refractivity contribution in [3.63, 3.8) is 0 Å². The van der Waals surface area contributed by atoms with Gasteiger partial charge < -0.3 is 24.1 Å². The highest BCUT2D eigenvalue weighted by molar-refractivity contribution is 5.69. The van der Waals surface area contributed by atoms with Crippen LogP contribution < -0.4 is 18.9 Å². The van der Waals surface area contributed by atoms with Crippen molar-refractivity contribution in [3.8, 4) is 23.0 Å². The smallest absolute Gasteiger partial charge is 0.231 e. The summed E-state index contributed by atoms with van der Waals surface area (Å²) in [5.41, 5.74) is 3.45. The molecule has 0 amide bonds. The molecule has 1 N–H and O–H groups in total. The van der Waals surface area contributed by atoms with E-state index in [1.54, 1.807) is 14.2 Å². The molecule has 140 valence electrons. The molecule has 0 bridgehead atoms. The molecule has 6 heteroatoms. The van der Waals surface area contributed by atoms with Gasteiger partial charge >= 0.3 is 0 Å². The van der Waals surface area contributed by atoms with Crippen LogP contribution in [0.2, 0.25) is 0 Å². The Morgan fingerprint density at radius 3 is 2.67 bits per heavy atom. The van der Waals surface area contributed by atoms with Gasteiger partial charge in [-0.3, -0.25) is 4.90 Å². The minimum Gasteiger partial charge on any atom is -0.493 e. The van der Waals surface area contributed by atoms with Gasteiger partial charge in [0.1, 0.15) is 11.6 Å². The fourth-order valence-electron chi connectivity index (χ4n) is 5.93. The average molecular weight is 367 g/mol. The fourth-order valence-corrected chi connectivity index (χ4v) is 5.93. The Morgan fingerprint density at radius 1 is 1.15 bits per heavy atom. The van der Waals surface area contributed by atoms with Crippen molar-refractivity contribution in [3.05, 3.63) is 46.5 Å². The van der Waals surface area contributed by atoms with Crippen LogP contribution in [0.4, 0.5) is 0 Å². The summed E-state index contributed by atoms with van der Waals surface area (Å²) < 4.78 is 22.5. The van der Waals surface area contributed by atoms with Gasteiger partial charge in [-0.1, -0.05) is 6.07 Å². The lowest BCUT2D eigenvalue weighted by Crippen LogP contribution is -2.30. The number of fused-ring (bicyclic) bond motifs is 5. The number of hydrogen-bond acceptors (Lipinski definition) is 6. The molecule has 1 spiro atoms. The molecule has 0 aromatic heterocycles. The number of hydrogen-bond donors (Lipinski definition) is 1. The lowest BCUT2D eigenvalue weighted by molar-refractivity contribution is 0.101. The van der Waals surface area contributed by atoms with E-state index in [1.807, 2.05) is 12.1 Å². The van der Waals surface area contributed by atoms with Crippen molar-refractivity contribution in [1.82, 2.24) is 4.90 Å². The van der Waals surface area contributed by atoms with E-state index in [4.69, 9.17) is 18.9 Å². The third kappa shape index (κ3) is 1.46. The lowest BCUT2D eigenvalue weighted by atomic mass is 9.82. The predicted molar refractivity (Wildman–Crippen MR) is 96.5 cm³/mol. The molecule has 0 radical (unpaired) electrons. The molecule has 27 heavy (non-hydrogen) atoms. The van der Waals surface area contributed by atoms with Crippen molar-refractivity contribution in [2.24, 2.45) is 0 Å². The van der Waals surface area contributed by atoms with E-state index in [-0.39, 0.29) is 12.3 Å². The number of benzene rings is 2. The summed E-state index contributed by atoms with van der Waals surface area (Å²) >= 11 is 0. The molecule has 0 saturated carbocycles. The summed E-state index contributed by atoms with van der Waals surface area (Å²) in [6, 6.07) is 7.98. The molecule has 3 heterocycles. The van der Waals surface area contributed by atoms with Gasteiger partial charge in [0, 0.05) is 12.1 Å². The summed E-state index contributed by atoms with van der Waals surface area (Å²) in [4.78, 5) is 2.39. The SMILES string of the molecule is COc1ccc2c(c1OC)[C@@]1(C)N3CCc4cc5c(cc4[C@@]31[C@@H]2O)OCO5. The molecule has 1 unspecified atom stereocenters. The first-order valence-electron chi connectivity index (χ1n) is 9.23. The highest BCUT2D eigenvalue weighted by atomic mass is 16.7. The maximum Gasteiger partial charge on any atom is 0.231 e. The van der Waals surface area contributed by atoms with Crippen molar-refractivity contribution < 1.29 is 24.1 Å². The Morgan fingerprint density at radius 2 is 1.93 bits per heavy atom. The van der Waals surface area contributed by atoms with Gasteiger partial charge in [0.2, 0.25) is 6.79 Å². The second-order valence-electron chi connectivity index (χ2n) is 7.77. The second-order valence-corrected chi connectivity index (χ2v) is 7.77. The monoisotopic (exact) mass is 367 g/mol. The van der Waals surface area contributed by atoms with Crippen LogP contribution in [-0.2, 0) is 17.5 Å². The van der Waals surface area contributed by atoms with Gasteiger partial charge in [-0.25, -0.2) is 0 Å². The predicted octanol–water partition coefficient (Wildman–Crippen LogP) is 2.46. The molecule has 6 rings (SSSR count). The molecular weight excluding hydrogens is 346 g/mol. The summed E-state index contributed by atoms with van der Waals surface area (Å²) in [6.45, 7) is 3.32. The molecule has 3 aliphatic heterocycles. The Bertz CT molecular complexity index is 1000. The first kappa shape index (κ1) is 15.6. The van der Waals surface area contributed by atoms with Gasteiger partial charge in [-0.05, 0) is 48.2 Å². The minimum absolute atomic E-state index is 0.250. The summed E-state index contributed by atoms with van der Waals surface area (Å²) in [5, 5.41) is 11.5. The molecule has 6 nitrogen and oxygen atoms in total. The molecular formula is C21H21NO5. The third-order valence-corrected chi connectivity index (χ3v) is 7.03. The zero-order valence-electron chi connectivity index (χ0n) is 15.5. The molecule has 2 aromatic rings. The maximum atomic E-state index is 11.5. The fraction of sp³-hybridized carbons (Fsp3) is 0.429. The number of ether oxygens (including phenoxy) is 4. The Kier molecular flexibility index (Phi) is 2.71. The largest absolute Gasteiger partial charge is 0.493 e. The van der Waals surface area contributed by atoms with Crippen molar-refractivity contribution >= 4 is 0 Å². The van der Waals surface area contributed by atoms with Crippen molar-refractivity contribution in [2.45, 2.75) is 30.5 Å². The number of aliphatic hydroxyl groups is 1. The van der Waals surface area contributed by atoms with E-state index in [1.165, 1.54) is 5.56 Å². The molecule has 1 aliphatic carbocycles. The zero-order valence-corrected chi connectivity index (χ0v) is 15.5. The van der Waals surface area contributed by atoms with Gasteiger partial charge in [-0.2, -0.15) is 0 Å². The van der Waals surface area contributed by atoms with Crippen molar-refractivity contribution in [2.75, 3.05) is 27.6 Å². The molecule has 2 aromatic carbocycles. The van der Waals surface area contributed by atoms with Gasteiger partial charge in [0.15, 0.2) is 23.0 Å². The standard InChI is InChI=1S/C21H21NO5/c1-20-17-12(4-5-14(24-2)18(17)25-3)19(23)21(20)13-9-16-15(26-10-27-16)8-11(13)6-7-22(20)21/h4-5,8-9,19,23H,6-7,10H2,1-3H3/t19-,20-,21+,22?/m1/s1. The zero-order chi connectivity index (χ0) is 18.6. The summed E-state index contributed by atoms with van der Waals surface area (Å²) in [7, 11) is 3.30. The number of rotatable bonds is 2.